The molecule has 0 saturated carbocycles. The van der Waals surface area contributed by atoms with Gasteiger partial charge in [-0.2, -0.15) is 13.2 Å². The van der Waals surface area contributed by atoms with E-state index in [2.05, 4.69) is 5.92 Å². The van der Waals surface area contributed by atoms with Gasteiger partial charge >= 0.3 is 6.18 Å². The number of rotatable bonds is 5. The summed E-state index contributed by atoms with van der Waals surface area (Å²) in [6.45, 7) is 0. The molecule has 0 aliphatic rings. The summed E-state index contributed by atoms with van der Waals surface area (Å²) < 4.78 is 50.9. The molecular formula is C28H21F3N2O. The maximum atomic E-state index is 15.0. The summed E-state index contributed by atoms with van der Waals surface area (Å²) in [6.07, 6.45) is 0.687. The Morgan fingerprint density at radius 2 is 0.941 bits per heavy atom. The highest BCUT2D eigenvalue weighted by Crippen LogP contribution is 2.51. The Bertz CT molecular complexity index is 1260. The minimum absolute atomic E-state index is 0.0320. The molecule has 0 radical (unpaired) electrons. The predicted molar refractivity (Wildman–Crippen MR) is 129 cm³/mol. The lowest BCUT2D eigenvalue weighted by atomic mass is 9.68. The van der Waals surface area contributed by atoms with E-state index in [4.69, 9.17) is 22.6 Å². The third kappa shape index (κ3) is 4.16. The highest BCUT2D eigenvalue weighted by molar-refractivity contribution is 5.57. The largest absolute Gasteiger partial charge is 0.457 e. The van der Waals surface area contributed by atoms with Crippen molar-refractivity contribution in [2.24, 2.45) is 0 Å². The molecule has 0 fully saturated rings. The molecule has 4 aromatic carbocycles. The van der Waals surface area contributed by atoms with Crippen LogP contribution in [0.1, 0.15) is 22.3 Å². The summed E-state index contributed by atoms with van der Waals surface area (Å²) >= 11 is 0. The summed E-state index contributed by atoms with van der Waals surface area (Å²) in [4.78, 5) is 0. The number of benzene rings is 4. The van der Waals surface area contributed by atoms with Crippen LogP contribution in [0.3, 0.4) is 0 Å². The average Bonchev–Trinajstić information content (AvgIpc) is 2.82. The van der Waals surface area contributed by atoms with Gasteiger partial charge in [-0.3, -0.25) is 0 Å². The van der Waals surface area contributed by atoms with Crippen LogP contribution in [-0.2, 0) is 5.41 Å². The highest BCUT2D eigenvalue weighted by atomic mass is 19.4. The molecule has 0 heterocycles. The first-order valence-electron chi connectivity index (χ1n) is 10.4. The van der Waals surface area contributed by atoms with Gasteiger partial charge in [0.1, 0.15) is 16.9 Å². The van der Waals surface area contributed by atoms with Gasteiger partial charge in [-0.15, -0.1) is 6.42 Å². The fraction of sp³-hybridized carbons (Fsp3) is 0.0714. The highest BCUT2D eigenvalue weighted by Gasteiger charge is 2.58. The second kappa shape index (κ2) is 8.87. The zero-order valence-electron chi connectivity index (χ0n) is 18.0. The molecule has 0 amide bonds. The zero-order chi connectivity index (χ0) is 24.3. The van der Waals surface area contributed by atoms with Crippen molar-refractivity contribution in [1.29, 1.82) is 0 Å². The van der Waals surface area contributed by atoms with Crippen molar-refractivity contribution >= 4 is 11.4 Å². The minimum atomic E-state index is -4.67. The molecular weight excluding hydrogens is 437 g/mol. The van der Waals surface area contributed by atoms with Crippen LogP contribution in [0.4, 0.5) is 24.5 Å². The Hall–Kier alpha value is -4.37. The Kier molecular flexibility index (Phi) is 5.95. The number of terminal acetylenes is 1. The molecule has 0 atom stereocenters. The SMILES string of the molecule is C#Cc1ccc(Oc2ccc(C(c3ccc(N)cc3)(c3ccc(N)cc3)C(F)(F)F)cc2)cc1. The third-order valence-electron chi connectivity index (χ3n) is 5.66. The van der Waals surface area contributed by atoms with Crippen LogP contribution < -0.4 is 16.2 Å². The van der Waals surface area contributed by atoms with E-state index in [0.29, 0.717) is 28.4 Å². The van der Waals surface area contributed by atoms with E-state index in [0.717, 1.165) is 0 Å². The topological polar surface area (TPSA) is 61.3 Å². The van der Waals surface area contributed by atoms with Crippen LogP contribution in [0.15, 0.2) is 97.1 Å². The quantitative estimate of drug-likeness (QED) is 0.203. The maximum absolute atomic E-state index is 15.0. The van der Waals surface area contributed by atoms with E-state index in [1.165, 1.54) is 72.8 Å². The molecule has 4 rings (SSSR count). The lowest BCUT2D eigenvalue weighted by molar-refractivity contribution is -0.166. The first-order chi connectivity index (χ1) is 16.2. The molecule has 34 heavy (non-hydrogen) atoms. The second-order valence-electron chi connectivity index (χ2n) is 7.79. The molecule has 4 aromatic rings. The van der Waals surface area contributed by atoms with Gasteiger partial charge in [0.05, 0.1) is 0 Å². The molecule has 0 aromatic heterocycles. The number of halogens is 3. The molecule has 0 aliphatic heterocycles. The van der Waals surface area contributed by atoms with E-state index >= 15 is 13.2 Å². The van der Waals surface area contributed by atoms with Gasteiger partial charge in [-0.25, -0.2) is 0 Å². The number of nitrogen functional groups attached to an aromatic ring is 2. The standard InChI is InChI=1S/C28H21F3N2O/c1-2-19-3-15-25(16-4-19)34-26-17-9-22(10-18-26)27(28(29,30)31,20-5-11-23(32)12-6-20)21-7-13-24(33)14-8-21/h1,3-18H,32-33H2. The van der Waals surface area contributed by atoms with E-state index in [-0.39, 0.29) is 16.7 Å². The monoisotopic (exact) mass is 458 g/mol. The summed E-state index contributed by atoms with van der Waals surface area (Å²) in [7, 11) is 0. The van der Waals surface area contributed by atoms with Crippen molar-refractivity contribution in [2.75, 3.05) is 11.5 Å². The molecule has 6 heteroatoms. The van der Waals surface area contributed by atoms with Crippen LogP contribution in [0.25, 0.3) is 0 Å². The number of hydrogen-bond donors (Lipinski definition) is 2. The summed E-state index contributed by atoms with van der Waals surface area (Å²) in [5.74, 6) is 3.43. The van der Waals surface area contributed by atoms with Crippen LogP contribution in [0, 0.1) is 12.3 Å². The van der Waals surface area contributed by atoms with Gasteiger partial charge in [-0.1, -0.05) is 42.3 Å². The second-order valence-corrected chi connectivity index (χ2v) is 7.79. The van der Waals surface area contributed by atoms with E-state index in [9.17, 15) is 0 Å². The zero-order valence-corrected chi connectivity index (χ0v) is 18.0. The van der Waals surface area contributed by atoms with Crippen LogP contribution >= 0.6 is 0 Å². The lowest BCUT2D eigenvalue weighted by Crippen LogP contribution is -2.44. The van der Waals surface area contributed by atoms with Crippen LogP contribution in [-0.4, -0.2) is 6.18 Å². The number of alkyl halides is 3. The number of anilines is 2. The Morgan fingerprint density at radius 1 is 0.588 bits per heavy atom. The van der Waals surface area contributed by atoms with Crippen LogP contribution in [0.5, 0.6) is 11.5 Å². The van der Waals surface area contributed by atoms with Crippen molar-refractivity contribution in [2.45, 2.75) is 11.6 Å². The normalized spacial score (nSPS) is 11.6. The van der Waals surface area contributed by atoms with E-state index in [1.807, 2.05) is 0 Å². The van der Waals surface area contributed by atoms with Gasteiger partial charge < -0.3 is 16.2 Å². The smallest absolute Gasteiger partial charge is 0.406 e. The fourth-order valence-electron chi connectivity index (χ4n) is 3.99. The molecule has 0 aliphatic carbocycles. The Labute approximate surface area is 195 Å². The molecule has 170 valence electrons. The van der Waals surface area contributed by atoms with Gasteiger partial charge in [0.2, 0.25) is 0 Å². The van der Waals surface area contributed by atoms with E-state index < -0.39 is 11.6 Å². The average molecular weight is 458 g/mol. The van der Waals surface area contributed by atoms with Gasteiger partial charge in [-0.05, 0) is 77.4 Å². The first kappa shape index (κ1) is 22.8. The summed E-state index contributed by atoms with van der Waals surface area (Å²) in [6, 6.07) is 24.2. The maximum Gasteiger partial charge on any atom is 0.406 e. The lowest BCUT2D eigenvalue weighted by Gasteiger charge is -2.37. The number of hydrogen-bond acceptors (Lipinski definition) is 3. The third-order valence-corrected chi connectivity index (χ3v) is 5.66. The van der Waals surface area contributed by atoms with Gasteiger partial charge in [0.25, 0.3) is 0 Å². The molecule has 3 nitrogen and oxygen atoms in total. The predicted octanol–water partition coefficient (Wildman–Crippen LogP) is 6.52. The Morgan fingerprint density at radius 3 is 1.29 bits per heavy atom. The molecule has 0 spiro atoms. The molecule has 4 N–H and O–H groups in total. The van der Waals surface area contributed by atoms with Crippen molar-refractivity contribution in [3.05, 3.63) is 119 Å². The summed E-state index contributed by atoms with van der Waals surface area (Å²) in [5, 5.41) is 0. The van der Waals surface area contributed by atoms with Crippen molar-refractivity contribution in [3.63, 3.8) is 0 Å². The van der Waals surface area contributed by atoms with Crippen molar-refractivity contribution in [1.82, 2.24) is 0 Å². The van der Waals surface area contributed by atoms with Crippen molar-refractivity contribution < 1.29 is 17.9 Å². The number of nitrogens with two attached hydrogens (primary N) is 2. The fourth-order valence-corrected chi connectivity index (χ4v) is 3.99. The summed E-state index contributed by atoms with van der Waals surface area (Å²) in [5.41, 5.74) is 10.6. The molecule has 0 unspecified atom stereocenters. The molecule has 0 saturated heterocycles. The number of ether oxygens (including phenoxy) is 1. The Balaban J connectivity index is 1.83. The van der Waals surface area contributed by atoms with E-state index in [1.54, 1.807) is 24.3 Å². The van der Waals surface area contributed by atoms with Crippen LogP contribution in [0.2, 0.25) is 0 Å². The first-order valence-corrected chi connectivity index (χ1v) is 10.4. The molecule has 0 bridgehead atoms. The van der Waals surface area contributed by atoms with Gasteiger partial charge in [0, 0.05) is 16.9 Å². The van der Waals surface area contributed by atoms with Crippen molar-refractivity contribution in [3.8, 4) is 23.8 Å². The minimum Gasteiger partial charge on any atom is -0.457 e. The van der Waals surface area contributed by atoms with Gasteiger partial charge in [0.15, 0.2) is 0 Å².